The third-order valence-electron chi connectivity index (χ3n) is 5.29. The number of ether oxygens (including phenoxy) is 1. The number of aryl methyl sites for hydroxylation is 1. The van der Waals surface area contributed by atoms with Gasteiger partial charge in [-0.2, -0.15) is 0 Å². The predicted molar refractivity (Wildman–Crippen MR) is 82.4 cm³/mol. The molecular formula is C18H26O2. The Bertz CT molecular complexity index is 553. The van der Waals surface area contributed by atoms with Crippen LogP contribution in [-0.2, 0) is 15.6 Å². The molecule has 2 rings (SSSR count). The van der Waals surface area contributed by atoms with Crippen LogP contribution in [0.3, 0.4) is 0 Å². The second-order valence-corrected chi connectivity index (χ2v) is 7.49. The fourth-order valence-corrected chi connectivity index (χ4v) is 3.94. The van der Waals surface area contributed by atoms with Gasteiger partial charge in [-0.3, -0.25) is 4.79 Å². The molecule has 1 atom stereocenters. The Morgan fingerprint density at radius 1 is 1.25 bits per heavy atom. The molecule has 1 unspecified atom stereocenters. The smallest absolute Gasteiger partial charge is 0.298 e. The molecule has 0 spiro atoms. The molecule has 0 saturated heterocycles. The van der Waals surface area contributed by atoms with E-state index in [4.69, 9.17) is 4.74 Å². The second-order valence-electron chi connectivity index (χ2n) is 7.49. The summed E-state index contributed by atoms with van der Waals surface area (Å²) >= 11 is 0. The van der Waals surface area contributed by atoms with Gasteiger partial charge in [-0.05, 0) is 59.3 Å². The number of carbonyl (C=O) groups is 1. The van der Waals surface area contributed by atoms with E-state index in [1.54, 1.807) is 0 Å². The van der Waals surface area contributed by atoms with E-state index in [0.717, 1.165) is 16.9 Å². The minimum absolute atomic E-state index is 0.101. The van der Waals surface area contributed by atoms with Crippen LogP contribution in [0.1, 0.15) is 63.3 Å². The minimum atomic E-state index is 0.101. The van der Waals surface area contributed by atoms with Gasteiger partial charge < -0.3 is 4.74 Å². The summed E-state index contributed by atoms with van der Waals surface area (Å²) < 4.78 is 5.25. The van der Waals surface area contributed by atoms with Crippen molar-refractivity contribution in [2.75, 3.05) is 0 Å². The molecule has 1 aromatic carbocycles. The van der Waals surface area contributed by atoms with E-state index in [1.807, 2.05) is 6.92 Å². The van der Waals surface area contributed by atoms with Crippen molar-refractivity contribution in [3.05, 3.63) is 28.3 Å². The first kappa shape index (κ1) is 15.1. The Balaban J connectivity index is 2.81. The van der Waals surface area contributed by atoms with Crippen LogP contribution in [0.2, 0.25) is 0 Å². The van der Waals surface area contributed by atoms with Crippen molar-refractivity contribution >= 4 is 6.47 Å². The van der Waals surface area contributed by atoms with Gasteiger partial charge in [0.25, 0.3) is 6.47 Å². The lowest BCUT2D eigenvalue weighted by molar-refractivity contribution is -0.120. The average Bonchev–Trinajstić information content (AvgIpc) is 2.31. The van der Waals surface area contributed by atoms with E-state index in [0.29, 0.717) is 12.4 Å². The summed E-state index contributed by atoms with van der Waals surface area (Å²) in [5.74, 6) is 1.33. The highest BCUT2D eigenvalue weighted by atomic mass is 16.5. The first-order valence-electron chi connectivity index (χ1n) is 7.38. The van der Waals surface area contributed by atoms with E-state index in [1.165, 1.54) is 17.5 Å². The molecule has 2 heteroatoms. The number of hydrogen-bond donors (Lipinski definition) is 0. The van der Waals surface area contributed by atoms with Crippen LogP contribution in [0.4, 0.5) is 0 Å². The van der Waals surface area contributed by atoms with Gasteiger partial charge >= 0.3 is 0 Å². The maximum Gasteiger partial charge on any atom is 0.298 e. The van der Waals surface area contributed by atoms with E-state index in [-0.39, 0.29) is 10.8 Å². The van der Waals surface area contributed by atoms with Crippen molar-refractivity contribution in [2.45, 2.75) is 65.7 Å². The van der Waals surface area contributed by atoms with E-state index in [9.17, 15) is 4.79 Å². The van der Waals surface area contributed by atoms with Crippen LogP contribution in [0.25, 0.3) is 0 Å². The largest absolute Gasteiger partial charge is 0.428 e. The summed E-state index contributed by atoms with van der Waals surface area (Å²) in [5.41, 5.74) is 5.21. The first-order chi connectivity index (χ1) is 9.13. The third-order valence-corrected chi connectivity index (χ3v) is 5.29. The SMILES string of the molecule is Cc1cc2c(c(C)c1OC=O)C(C)(C)C(C)CC2(C)C. The maximum atomic E-state index is 10.8. The molecule has 0 aromatic heterocycles. The topological polar surface area (TPSA) is 26.3 Å². The Hall–Kier alpha value is -1.31. The van der Waals surface area contributed by atoms with Crippen LogP contribution < -0.4 is 4.74 Å². The fraction of sp³-hybridized carbons (Fsp3) is 0.611. The van der Waals surface area contributed by atoms with E-state index in [2.05, 4.69) is 47.6 Å². The van der Waals surface area contributed by atoms with Crippen molar-refractivity contribution < 1.29 is 9.53 Å². The lowest BCUT2D eigenvalue weighted by atomic mass is 9.57. The number of rotatable bonds is 2. The van der Waals surface area contributed by atoms with Crippen molar-refractivity contribution in [1.29, 1.82) is 0 Å². The van der Waals surface area contributed by atoms with E-state index < -0.39 is 0 Å². The van der Waals surface area contributed by atoms with Gasteiger partial charge in [0.15, 0.2) is 0 Å². The van der Waals surface area contributed by atoms with Crippen LogP contribution in [0, 0.1) is 19.8 Å². The van der Waals surface area contributed by atoms with Crippen molar-refractivity contribution in [1.82, 2.24) is 0 Å². The molecule has 0 amide bonds. The molecule has 0 fully saturated rings. The zero-order valence-electron chi connectivity index (χ0n) is 13.8. The van der Waals surface area contributed by atoms with Gasteiger partial charge in [0.2, 0.25) is 0 Å². The zero-order valence-corrected chi connectivity index (χ0v) is 13.8. The molecule has 1 aromatic rings. The van der Waals surface area contributed by atoms with Crippen molar-refractivity contribution in [2.24, 2.45) is 5.92 Å². The normalized spacial score (nSPS) is 23.1. The van der Waals surface area contributed by atoms with E-state index >= 15 is 0 Å². The minimum Gasteiger partial charge on any atom is -0.428 e. The summed E-state index contributed by atoms with van der Waals surface area (Å²) in [6.07, 6.45) is 1.18. The fourth-order valence-electron chi connectivity index (χ4n) is 3.94. The highest BCUT2D eigenvalue weighted by Crippen LogP contribution is 2.52. The molecule has 0 bridgehead atoms. The first-order valence-corrected chi connectivity index (χ1v) is 7.38. The van der Waals surface area contributed by atoms with Gasteiger partial charge in [-0.15, -0.1) is 0 Å². The number of hydrogen-bond acceptors (Lipinski definition) is 2. The van der Waals surface area contributed by atoms with Crippen LogP contribution in [0.5, 0.6) is 5.75 Å². The van der Waals surface area contributed by atoms with Crippen LogP contribution in [0.15, 0.2) is 6.07 Å². The molecule has 0 N–H and O–H groups in total. The summed E-state index contributed by atoms with van der Waals surface area (Å²) in [6, 6.07) is 2.22. The average molecular weight is 274 g/mol. The zero-order chi connectivity index (χ0) is 15.3. The summed E-state index contributed by atoms with van der Waals surface area (Å²) in [5, 5.41) is 0. The Morgan fingerprint density at radius 3 is 2.40 bits per heavy atom. The Kier molecular flexibility index (Phi) is 3.48. The molecule has 1 aliphatic carbocycles. The highest BCUT2D eigenvalue weighted by Gasteiger charge is 2.43. The molecule has 0 heterocycles. The lowest BCUT2D eigenvalue weighted by Crippen LogP contribution is -2.41. The monoisotopic (exact) mass is 274 g/mol. The van der Waals surface area contributed by atoms with Gasteiger partial charge in [0, 0.05) is 0 Å². The van der Waals surface area contributed by atoms with Crippen molar-refractivity contribution in [3.8, 4) is 5.75 Å². The number of fused-ring (bicyclic) bond motifs is 1. The summed E-state index contributed by atoms with van der Waals surface area (Å²) in [7, 11) is 0. The van der Waals surface area contributed by atoms with Gasteiger partial charge in [0.05, 0.1) is 0 Å². The van der Waals surface area contributed by atoms with Crippen molar-refractivity contribution in [3.63, 3.8) is 0 Å². The Morgan fingerprint density at radius 2 is 1.85 bits per heavy atom. The second kappa shape index (κ2) is 4.61. The molecule has 0 aliphatic heterocycles. The van der Waals surface area contributed by atoms with Gasteiger partial charge in [-0.25, -0.2) is 0 Å². The van der Waals surface area contributed by atoms with Crippen LogP contribution in [-0.4, -0.2) is 6.47 Å². The molecule has 110 valence electrons. The maximum absolute atomic E-state index is 10.8. The quantitative estimate of drug-likeness (QED) is 0.746. The third kappa shape index (κ3) is 2.06. The molecule has 0 saturated carbocycles. The summed E-state index contributed by atoms with van der Waals surface area (Å²) in [6.45, 7) is 16.2. The van der Waals surface area contributed by atoms with Crippen LogP contribution >= 0.6 is 0 Å². The molecule has 1 aliphatic rings. The molecular weight excluding hydrogens is 248 g/mol. The van der Waals surface area contributed by atoms with Gasteiger partial charge in [-0.1, -0.05) is 40.7 Å². The predicted octanol–water partition coefficient (Wildman–Crippen LogP) is 4.43. The highest BCUT2D eigenvalue weighted by molar-refractivity contribution is 5.59. The Labute approximate surface area is 122 Å². The molecule has 0 radical (unpaired) electrons. The summed E-state index contributed by atoms with van der Waals surface area (Å²) in [4.78, 5) is 10.8. The molecule has 2 nitrogen and oxygen atoms in total. The van der Waals surface area contributed by atoms with Gasteiger partial charge in [0.1, 0.15) is 5.75 Å². The number of benzene rings is 1. The standard InChI is InChI=1S/C18H26O2/c1-11-8-14-15(13(3)16(11)20-10-19)18(6,7)12(2)9-17(14,4)5/h8,10,12H,9H2,1-7H3. The number of carbonyl (C=O) groups excluding carboxylic acids is 1. The molecule has 20 heavy (non-hydrogen) atoms. The lowest BCUT2D eigenvalue weighted by Gasteiger charge is -2.47.